The van der Waals surface area contributed by atoms with Crippen molar-refractivity contribution in [3.05, 3.63) is 82.3 Å². The third-order valence-corrected chi connectivity index (χ3v) is 4.53. The largest absolute Gasteiger partial charge is 0.344 e. The molecule has 0 aliphatic carbocycles. The van der Waals surface area contributed by atoms with Crippen LogP contribution >= 0.6 is 12.6 Å². The highest BCUT2D eigenvalue weighted by molar-refractivity contribution is 7.80. The number of H-pyrrole nitrogens is 1. The first-order valence-electron chi connectivity index (χ1n) is 8.70. The summed E-state index contributed by atoms with van der Waals surface area (Å²) in [6.07, 6.45) is 0. The summed E-state index contributed by atoms with van der Waals surface area (Å²) in [6, 6.07) is 17.9. The SMILES string of the molecule is CC(C)[C@@H](NC(=O)c1cc(=O)[nH]c(-c2ccccc2)n1)c1ccc(S)cc1. The lowest BCUT2D eigenvalue weighted by Gasteiger charge is -2.23. The van der Waals surface area contributed by atoms with Gasteiger partial charge < -0.3 is 10.3 Å². The number of nitrogens with zero attached hydrogens (tertiary/aromatic N) is 1. The second-order valence-electron chi connectivity index (χ2n) is 6.63. The van der Waals surface area contributed by atoms with Gasteiger partial charge in [-0.2, -0.15) is 0 Å². The molecule has 1 atom stereocenters. The van der Waals surface area contributed by atoms with E-state index >= 15 is 0 Å². The van der Waals surface area contributed by atoms with Crippen molar-refractivity contribution < 1.29 is 4.79 Å². The summed E-state index contributed by atoms with van der Waals surface area (Å²) < 4.78 is 0. The van der Waals surface area contributed by atoms with Crippen LogP contribution < -0.4 is 10.9 Å². The summed E-state index contributed by atoms with van der Waals surface area (Å²) in [5.74, 6) is 0.149. The maximum Gasteiger partial charge on any atom is 0.270 e. The quantitative estimate of drug-likeness (QED) is 0.590. The van der Waals surface area contributed by atoms with Gasteiger partial charge in [0.1, 0.15) is 11.5 Å². The first-order chi connectivity index (χ1) is 12.9. The molecule has 0 saturated carbocycles. The van der Waals surface area contributed by atoms with E-state index in [1.54, 1.807) is 0 Å². The number of aromatic nitrogens is 2. The van der Waals surface area contributed by atoms with E-state index in [1.165, 1.54) is 6.07 Å². The van der Waals surface area contributed by atoms with Gasteiger partial charge in [-0.05, 0) is 23.6 Å². The molecule has 3 aromatic rings. The van der Waals surface area contributed by atoms with Crippen LogP contribution in [0.5, 0.6) is 0 Å². The topological polar surface area (TPSA) is 74.8 Å². The zero-order chi connectivity index (χ0) is 19.4. The number of hydrogen-bond acceptors (Lipinski definition) is 4. The summed E-state index contributed by atoms with van der Waals surface area (Å²) in [7, 11) is 0. The smallest absolute Gasteiger partial charge is 0.270 e. The third-order valence-electron chi connectivity index (χ3n) is 4.23. The summed E-state index contributed by atoms with van der Waals surface area (Å²) >= 11 is 4.30. The molecule has 27 heavy (non-hydrogen) atoms. The van der Waals surface area contributed by atoms with Gasteiger partial charge in [0.25, 0.3) is 11.5 Å². The Bertz CT molecular complexity index is 982. The Morgan fingerprint density at radius 3 is 2.37 bits per heavy atom. The van der Waals surface area contributed by atoms with Gasteiger partial charge in [0, 0.05) is 16.5 Å². The van der Waals surface area contributed by atoms with Gasteiger partial charge in [0.2, 0.25) is 0 Å². The lowest BCUT2D eigenvalue weighted by atomic mass is 9.96. The molecule has 0 aliphatic rings. The molecule has 138 valence electrons. The van der Waals surface area contributed by atoms with E-state index in [2.05, 4.69) is 27.9 Å². The Morgan fingerprint density at radius 2 is 1.74 bits per heavy atom. The van der Waals surface area contributed by atoms with Crippen molar-refractivity contribution >= 4 is 18.5 Å². The van der Waals surface area contributed by atoms with E-state index in [1.807, 2.05) is 68.4 Å². The second kappa shape index (κ2) is 8.22. The van der Waals surface area contributed by atoms with E-state index < -0.39 is 0 Å². The van der Waals surface area contributed by atoms with Crippen molar-refractivity contribution in [2.75, 3.05) is 0 Å². The van der Waals surface area contributed by atoms with Crippen LogP contribution in [0.3, 0.4) is 0 Å². The van der Waals surface area contributed by atoms with Gasteiger partial charge in [-0.1, -0.05) is 56.3 Å². The van der Waals surface area contributed by atoms with E-state index in [9.17, 15) is 9.59 Å². The average Bonchev–Trinajstić information content (AvgIpc) is 2.67. The molecule has 1 amide bonds. The molecule has 0 aliphatic heterocycles. The summed E-state index contributed by atoms with van der Waals surface area (Å²) in [4.78, 5) is 32.7. The normalized spacial score (nSPS) is 12.0. The molecule has 1 heterocycles. The van der Waals surface area contributed by atoms with Crippen molar-refractivity contribution in [3.63, 3.8) is 0 Å². The summed E-state index contributed by atoms with van der Waals surface area (Å²) in [5.41, 5.74) is 1.45. The average molecular weight is 379 g/mol. The maximum absolute atomic E-state index is 12.8. The van der Waals surface area contributed by atoms with Crippen LogP contribution in [0.2, 0.25) is 0 Å². The van der Waals surface area contributed by atoms with Crippen LogP contribution in [0.1, 0.15) is 35.9 Å². The minimum atomic E-state index is -0.382. The van der Waals surface area contributed by atoms with Gasteiger partial charge in [0.05, 0.1) is 6.04 Å². The molecule has 5 nitrogen and oxygen atoms in total. The number of aromatic amines is 1. The van der Waals surface area contributed by atoms with Gasteiger partial charge in [-0.25, -0.2) is 4.98 Å². The molecule has 6 heteroatoms. The van der Waals surface area contributed by atoms with Gasteiger partial charge in [-0.15, -0.1) is 12.6 Å². The zero-order valence-corrected chi connectivity index (χ0v) is 16.0. The fourth-order valence-electron chi connectivity index (χ4n) is 2.84. The number of thiol groups is 1. The molecule has 0 spiro atoms. The molecule has 2 N–H and O–H groups in total. The maximum atomic E-state index is 12.8. The van der Waals surface area contributed by atoms with Crippen molar-refractivity contribution in [1.82, 2.24) is 15.3 Å². The molecule has 0 bridgehead atoms. The van der Waals surface area contributed by atoms with Gasteiger partial charge in [-0.3, -0.25) is 9.59 Å². The third kappa shape index (κ3) is 4.65. The zero-order valence-electron chi connectivity index (χ0n) is 15.1. The van der Waals surface area contributed by atoms with Crippen LogP contribution in [-0.2, 0) is 0 Å². The van der Waals surface area contributed by atoms with E-state index in [-0.39, 0.29) is 29.1 Å². The molecular weight excluding hydrogens is 358 g/mol. The summed E-state index contributed by atoms with van der Waals surface area (Å²) in [6.45, 7) is 4.06. The van der Waals surface area contributed by atoms with Gasteiger partial charge >= 0.3 is 0 Å². The number of rotatable bonds is 5. The first kappa shape index (κ1) is 18.9. The number of carbonyl (C=O) groups excluding carboxylic acids is 1. The monoisotopic (exact) mass is 379 g/mol. The van der Waals surface area contributed by atoms with Crippen molar-refractivity contribution in [2.45, 2.75) is 24.8 Å². The Labute approximate surface area is 163 Å². The van der Waals surface area contributed by atoms with E-state index in [4.69, 9.17) is 0 Å². The fourth-order valence-corrected chi connectivity index (χ4v) is 2.99. The highest BCUT2D eigenvalue weighted by atomic mass is 32.1. The lowest BCUT2D eigenvalue weighted by molar-refractivity contribution is 0.0920. The molecule has 0 saturated heterocycles. The Morgan fingerprint density at radius 1 is 1.07 bits per heavy atom. The highest BCUT2D eigenvalue weighted by Gasteiger charge is 2.20. The number of carbonyl (C=O) groups is 1. The number of amides is 1. The standard InChI is InChI=1S/C21H21N3O2S/c1-13(2)19(14-8-10-16(27)11-9-14)24-21(26)17-12-18(25)23-20(22-17)15-6-4-3-5-7-15/h3-13,19,27H,1-2H3,(H,24,26)(H,22,23,25)/t19-/m1/s1. The van der Waals surface area contributed by atoms with Crippen LogP contribution in [0.4, 0.5) is 0 Å². The minimum absolute atomic E-state index is 0.0917. The Kier molecular flexibility index (Phi) is 5.76. The molecule has 0 radical (unpaired) electrons. The minimum Gasteiger partial charge on any atom is -0.344 e. The molecule has 0 fully saturated rings. The van der Waals surface area contributed by atoms with Crippen LogP contribution in [0.25, 0.3) is 11.4 Å². The first-order valence-corrected chi connectivity index (χ1v) is 9.15. The van der Waals surface area contributed by atoms with Crippen LogP contribution in [0.15, 0.2) is 70.4 Å². The van der Waals surface area contributed by atoms with Crippen molar-refractivity contribution in [3.8, 4) is 11.4 Å². The lowest BCUT2D eigenvalue weighted by Crippen LogP contribution is -2.33. The van der Waals surface area contributed by atoms with Crippen LogP contribution in [-0.4, -0.2) is 15.9 Å². The fraction of sp³-hybridized carbons (Fsp3) is 0.190. The van der Waals surface area contributed by atoms with E-state index in [0.29, 0.717) is 5.82 Å². The molecule has 2 aromatic carbocycles. The molecule has 1 aromatic heterocycles. The Balaban J connectivity index is 1.89. The number of benzene rings is 2. The van der Waals surface area contributed by atoms with Crippen LogP contribution in [0, 0.1) is 5.92 Å². The van der Waals surface area contributed by atoms with E-state index in [0.717, 1.165) is 16.0 Å². The summed E-state index contributed by atoms with van der Waals surface area (Å²) in [5, 5.41) is 3.00. The van der Waals surface area contributed by atoms with Crippen molar-refractivity contribution in [2.24, 2.45) is 5.92 Å². The number of nitrogens with one attached hydrogen (secondary N) is 2. The van der Waals surface area contributed by atoms with Gasteiger partial charge in [0.15, 0.2) is 0 Å². The molecular formula is C21H21N3O2S. The molecule has 3 rings (SSSR count). The second-order valence-corrected chi connectivity index (χ2v) is 7.15. The molecule has 0 unspecified atom stereocenters. The predicted molar refractivity (Wildman–Crippen MR) is 109 cm³/mol. The Hall–Kier alpha value is -2.86. The number of hydrogen-bond donors (Lipinski definition) is 3. The van der Waals surface area contributed by atoms with Crippen molar-refractivity contribution in [1.29, 1.82) is 0 Å². The highest BCUT2D eigenvalue weighted by Crippen LogP contribution is 2.23. The predicted octanol–water partition coefficient (Wildman–Crippen LogP) is 3.85.